The largest absolute Gasteiger partial charge is 0.478 e. The van der Waals surface area contributed by atoms with Gasteiger partial charge in [-0.1, -0.05) is 12.1 Å². The van der Waals surface area contributed by atoms with Crippen molar-refractivity contribution in [3.05, 3.63) is 29.3 Å². The fourth-order valence-corrected chi connectivity index (χ4v) is 2.29. The Bertz CT molecular complexity index is 567. The van der Waals surface area contributed by atoms with E-state index < -0.39 is 16.0 Å². The zero-order chi connectivity index (χ0) is 14.6. The average Bonchev–Trinajstić information content (AvgIpc) is 2.30. The fraction of sp³-hybridized carbons (Fsp3) is 0.417. The molecule has 0 bridgehead atoms. The maximum atomic E-state index is 11.6. The van der Waals surface area contributed by atoms with Crippen molar-refractivity contribution in [1.82, 2.24) is 4.31 Å². The SMILES string of the molecule is Cc1cccc(C(=O)O)c1NCCS(=O)(=O)N(C)C. The number of carboxylic acid groups (broad SMARTS) is 1. The van der Waals surface area contributed by atoms with Gasteiger partial charge in [-0.3, -0.25) is 0 Å². The average molecular weight is 286 g/mol. The molecule has 0 amide bonds. The van der Waals surface area contributed by atoms with Gasteiger partial charge in [0.05, 0.1) is 17.0 Å². The molecule has 0 radical (unpaired) electrons. The number of aryl methyl sites for hydroxylation is 1. The number of aromatic carboxylic acids is 1. The Balaban J connectivity index is 2.82. The first kappa shape index (κ1) is 15.5. The molecule has 1 rings (SSSR count). The standard InChI is InChI=1S/C12H18N2O4S/c1-9-5-4-6-10(12(15)16)11(9)13-7-8-19(17,18)14(2)3/h4-6,13H,7-8H2,1-3H3,(H,15,16). The summed E-state index contributed by atoms with van der Waals surface area (Å²) >= 11 is 0. The zero-order valence-electron chi connectivity index (χ0n) is 11.2. The quantitative estimate of drug-likeness (QED) is 0.814. The number of rotatable bonds is 6. The molecule has 1 aromatic rings. The molecular weight excluding hydrogens is 268 g/mol. The summed E-state index contributed by atoms with van der Waals surface area (Å²) < 4.78 is 24.3. The molecule has 0 heterocycles. The highest BCUT2D eigenvalue weighted by molar-refractivity contribution is 7.89. The van der Waals surface area contributed by atoms with Gasteiger partial charge < -0.3 is 10.4 Å². The normalized spacial score (nSPS) is 11.6. The summed E-state index contributed by atoms with van der Waals surface area (Å²) in [5.41, 5.74) is 1.37. The van der Waals surface area contributed by atoms with Crippen molar-refractivity contribution < 1.29 is 18.3 Å². The molecule has 6 nitrogen and oxygen atoms in total. The lowest BCUT2D eigenvalue weighted by molar-refractivity contribution is 0.0698. The first-order chi connectivity index (χ1) is 8.75. The zero-order valence-corrected chi connectivity index (χ0v) is 12.0. The van der Waals surface area contributed by atoms with E-state index in [-0.39, 0.29) is 17.9 Å². The van der Waals surface area contributed by atoms with Gasteiger partial charge in [-0.15, -0.1) is 0 Å². The molecule has 0 aliphatic rings. The summed E-state index contributed by atoms with van der Waals surface area (Å²) in [4.78, 5) is 11.1. The van der Waals surface area contributed by atoms with Crippen LogP contribution >= 0.6 is 0 Å². The maximum absolute atomic E-state index is 11.6. The van der Waals surface area contributed by atoms with E-state index in [1.165, 1.54) is 20.2 Å². The van der Waals surface area contributed by atoms with Gasteiger partial charge in [0.15, 0.2) is 0 Å². The molecule has 0 saturated heterocycles. The smallest absolute Gasteiger partial charge is 0.337 e. The van der Waals surface area contributed by atoms with Crippen molar-refractivity contribution >= 4 is 21.7 Å². The van der Waals surface area contributed by atoms with E-state index in [2.05, 4.69) is 5.32 Å². The highest BCUT2D eigenvalue weighted by Crippen LogP contribution is 2.20. The Morgan fingerprint density at radius 3 is 2.53 bits per heavy atom. The number of nitrogens with one attached hydrogen (secondary N) is 1. The third-order valence-corrected chi connectivity index (χ3v) is 4.55. The third kappa shape index (κ3) is 3.93. The second kappa shape index (κ2) is 6.03. The van der Waals surface area contributed by atoms with Crippen LogP contribution in [0.25, 0.3) is 0 Å². The summed E-state index contributed by atoms with van der Waals surface area (Å²) in [6.45, 7) is 1.93. The molecule has 0 aliphatic carbocycles. The minimum Gasteiger partial charge on any atom is -0.478 e. The molecule has 0 aromatic heterocycles. The van der Waals surface area contributed by atoms with E-state index >= 15 is 0 Å². The van der Waals surface area contributed by atoms with Crippen LogP contribution in [0.2, 0.25) is 0 Å². The molecule has 0 fully saturated rings. The van der Waals surface area contributed by atoms with Crippen LogP contribution in [0.15, 0.2) is 18.2 Å². The van der Waals surface area contributed by atoms with Crippen LogP contribution in [0.4, 0.5) is 5.69 Å². The summed E-state index contributed by atoms with van der Waals surface area (Å²) in [6, 6.07) is 4.91. The Morgan fingerprint density at radius 1 is 1.37 bits per heavy atom. The van der Waals surface area contributed by atoms with E-state index in [4.69, 9.17) is 5.11 Å². The van der Waals surface area contributed by atoms with Crippen molar-refractivity contribution in [2.75, 3.05) is 31.7 Å². The Morgan fingerprint density at radius 2 is 2.00 bits per heavy atom. The fourth-order valence-electron chi connectivity index (χ4n) is 1.57. The third-order valence-electron chi connectivity index (χ3n) is 2.72. The maximum Gasteiger partial charge on any atom is 0.337 e. The predicted octanol–water partition coefficient (Wildman–Crippen LogP) is 0.997. The second-order valence-corrected chi connectivity index (χ2v) is 6.63. The van der Waals surface area contributed by atoms with E-state index in [1.807, 2.05) is 0 Å². The van der Waals surface area contributed by atoms with Gasteiger partial charge in [-0.25, -0.2) is 17.5 Å². The Kier molecular flexibility index (Phi) is 4.90. The number of benzene rings is 1. The number of carbonyl (C=O) groups is 1. The van der Waals surface area contributed by atoms with Crippen molar-refractivity contribution in [1.29, 1.82) is 0 Å². The van der Waals surface area contributed by atoms with Crippen LogP contribution in [0.3, 0.4) is 0 Å². The van der Waals surface area contributed by atoms with Crippen LogP contribution in [0.5, 0.6) is 0 Å². The number of para-hydroxylation sites is 1. The van der Waals surface area contributed by atoms with E-state index in [9.17, 15) is 13.2 Å². The van der Waals surface area contributed by atoms with Gasteiger partial charge in [0.2, 0.25) is 10.0 Å². The number of anilines is 1. The van der Waals surface area contributed by atoms with Crippen LogP contribution in [0.1, 0.15) is 15.9 Å². The molecule has 19 heavy (non-hydrogen) atoms. The first-order valence-electron chi connectivity index (χ1n) is 5.72. The van der Waals surface area contributed by atoms with Gasteiger partial charge in [0, 0.05) is 20.6 Å². The highest BCUT2D eigenvalue weighted by Gasteiger charge is 2.15. The molecule has 1 aromatic carbocycles. The molecule has 0 saturated carbocycles. The van der Waals surface area contributed by atoms with Crippen LogP contribution in [0, 0.1) is 6.92 Å². The number of carboxylic acids is 1. The summed E-state index contributed by atoms with van der Waals surface area (Å²) in [7, 11) is -0.363. The minimum atomic E-state index is -3.29. The Hall–Kier alpha value is -1.60. The Labute approximate surface area is 113 Å². The lowest BCUT2D eigenvalue weighted by atomic mass is 10.1. The summed E-state index contributed by atoms with van der Waals surface area (Å²) in [6.07, 6.45) is 0. The van der Waals surface area contributed by atoms with Crippen LogP contribution < -0.4 is 5.32 Å². The van der Waals surface area contributed by atoms with Crippen molar-refractivity contribution in [3.8, 4) is 0 Å². The van der Waals surface area contributed by atoms with Gasteiger partial charge >= 0.3 is 5.97 Å². The minimum absolute atomic E-state index is 0.0899. The number of hydrogen-bond donors (Lipinski definition) is 2. The molecule has 0 spiro atoms. The first-order valence-corrected chi connectivity index (χ1v) is 7.33. The molecular formula is C12H18N2O4S. The van der Waals surface area contributed by atoms with E-state index in [0.29, 0.717) is 5.69 Å². The molecule has 0 unspecified atom stereocenters. The molecule has 106 valence electrons. The lowest BCUT2D eigenvalue weighted by Crippen LogP contribution is -2.28. The predicted molar refractivity (Wildman–Crippen MR) is 74.1 cm³/mol. The van der Waals surface area contributed by atoms with Crippen molar-refractivity contribution in [2.24, 2.45) is 0 Å². The van der Waals surface area contributed by atoms with E-state index in [1.54, 1.807) is 19.1 Å². The van der Waals surface area contributed by atoms with Crippen LogP contribution in [-0.4, -0.2) is 50.2 Å². The monoisotopic (exact) mass is 286 g/mol. The lowest BCUT2D eigenvalue weighted by Gasteiger charge is -2.14. The van der Waals surface area contributed by atoms with Gasteiger partial charge in [0.1, 0.15) is 0 Å². The molecule has 7 heteroatoms. The number of nitrogens with zero attached hydrogens (tertiary/aromatic N) is 1. The highest BCUT2D eigenvalue weighted by atomic mass is 32.2. The van der Waals surface area contributed by atoms with Crippen molar-refractivity contribution in [2.45, 2.75) is 6.92 Å². The topological polar surface area (TPSA) is 86.7 Å². The second-order valence-electron chi connectivity index (χ2n) is 4.33. The number of hydrogen-bond acceptors (Lipinski definition) is 4. The van der Waals surface area contributed by atoms with Gasteiger partial charge in [-0.05, 0) is 18.6 Å². The van der Waals surface area contributed by atoms with Gasteiger partial charge in [-0.2, -0.15) is 0 Å². The molecule has 0 aliphatic heterocycles. The molecule has 2 N–H and O–H groups in total. The number of sulfonamides is 1. The van der Waals surface area contributed by atoms with Crippen LogP contribution in [-0.2, 0) is 10.0 Å². The summed E-state index contributed by atoms with van der Waals surface area (Å²) in [5, 5.41) is 12.0. The summed E-state index contributed by atoms with van der Waals surface area (Å²) in [5.74, 6) is -1.13. The van der Waals surface area contributed by atoms with Gasteiger partial charge in [0.25, 0.3) is 0 Å². The van der Waals surface area contributed by atoms with E-state index in [0.717, 1.165) is 9.87 Å². The van der Waals surface area contributed by atoms with Crippen molar-refractivity contribution in [3.63, 3.8) is 0 Å². The molecule has 0 atom stereocenters.